The Labute approximate surface area is 267 Å². The summed E-state index contributed by atoms with van der Waals surface area (Å²) in [4.78, 5) is 12.6. The molecule has 4 rings (SSSR count). The topological polar surface area (TPSA) is 63.2 Å². The van der Waals surface area contributed by atoms with Gasteiger partial charge in [-0.25, -0.2) is 4.79 Å². The van der Waals surface area contributed by atoms with Gasteiger partial charge in [-0.15, -0.1) is 0 Å². The first-order chi connectivity index (χ1) is 20.6. The van der Waals surface area contributed by atoms with E-state index in [0.29, 0.717) is 6.42 Å². The molecule has 0 N–H and O–H groups in total. The van der Waals surface area contributed by atoms with Gasteiger partial charge in [0, 0.05) is 19.6 Å². The molecule has 1 fully saturated rings. The summed E-state index contributed by atoms with van der Waals surface area (Å²) in [7, 11) is -3.32. The highest BCUT2D eigenvalue weighted by atomic mass is 28.4. The van der Waals surface area contributed by atoms with E-state index in [4.69, 9.17) is 23.1 Å². The van der Waals surface area contributed by atoms with E-state index in [2.05, 4.69) is 122 Å². The van der Waals surface area contributed by atoms with Crippen molar-refractivity contribution in [3.63, 3.8) is 0 Å². The van der Waals surface area contributed by atoms with Gasteiger partial charge in [-0.3, -0.25) is 0 Å². The first-order valence-electron chi connectivity index (χ1n) is 16.1. The molecule has 242 valence electrons. The van der Waals surface area contributed by atoms with Crippen molar-refractivity contribution in [2.45, 2.75) is 109 Å². The number of cyclic esters (lactones) is 1. The van der Waals surface area contributed by atoms with E-state index in [-0.39, 0.29) is 59.1 Å². The summed E-state index contributed by atoms with van der Waals surface area (Å²) in [6.07, 6.45) is 3.99. The first kappa shape index (κ1) is 34.8. The highest BCUT2D eigenvalue weighted by Crippen LogP contribution is 2.52. The van der Waals surface area contributed by atoms with Gasteiger partial charge in [0.2, 0.25) is 0 Å². The first-order valence-corrected chi connectivity index (χ1v) is 20.9. The van der Waals surface area contributed by atoms with Crippen LogP contribution in [0.25, 0.3) is 0 Å². The molecule has 0 aromatic heterocycles. The van der Waals surface area contributed by atoms with Crippen LogP contribution in [-0.4, -0.2) is 60.9 Å². The van der Waals surface area contributed by atoms with Crippen LogP contribution < -0.4 is 10.4 Å². The van der Waals surface area contributed by atoms with Crippen LogP contribution in [-0.2, 0) is 27.9 Å². The molecule has 8 heteroatoms. The highest BCUT2D eigenvalue weighted by Gasteiger charge is 2.59. The van der Waals surface area contributed by atoms with Crippen LogP contribution in [0.3, 0.4) is 0 Å². The molecule has 2 aromatic rings. The van der Waals surface area contributed by atoms with Gasteiger partial charge in [-0.05, 0) is 58.7 Å². The molecule has 1 saturated carbocycles. The van der Waals surface area contributed by atoms with Gasteiger partial charge in [0.05, 0.1) is 18.3 Å². The molecule has 0 spiro atoms. The number of rotatable bonds is 13. The molecule has 0 unspecified atom stereocenters. The molecule has 1 aliphatic heterocycles. The van der Waals surface area contributed by atoms with Crippen LogP contribution in [0.4, 0.5) is 0 Å². The maximum atomic E-state index is 12.6. The van der Waals surface area contributed by atoms with Gasteiger partial charge in [0.25, 0.3) is 8.32 Å². The van der Waals surface area contributed by atoms with Gasteiger partial charge < -0.3 is 23.1 Å². The molecular formula is C36H54O6Si2. The lowest BCUT2D eigenvalue weighted by Gasteiger charge is -2.47. The van der Waals surface area contributed by atoms with Gasteiger partial charge in [0.15, 0.2) is 8.32 Å². The Bertz CT molecular complexity index is 1210. The van der Waals surface area contributed by atoms with E-state index < -0.39 is 16.6 Å². The number of benzene rings is 2. The van der Waals surface area contributed by atoms with Gasteiger partial charge in [0.1, 0.15) is 12.9 Å². The minimum absolute atomic E-state index is 0.0770. The van der Waals surface area contributed by atoms with Crippen molar-refractivity contribution < 1.29 is 27.9 Å². The largest absolute Gasteiger partial charge is 0.456 e. The lowest BCUT2D eigenvalue weighted by molar-refractivity contribution is -0.151. The molecule has 1 heterocycles. The molecule has 44 heavy (non-hydrogen) atoms. The summed E-state index contributed by atoms with van der Waals surface area (Å²) in [6.45, 7) is 20.5. The second kappa shape index (κ2) is 13.7. The Kier molecular flexibility index (Phi) is 10.9. The van der Waals surface area contributed by atoms with Crippen molar-refractivity contribution in [1.82, 2.24) is 0 Å². The van der Waals surface area contributed by atoms with Crippen molar-refractivity contribution in [3.8, 4) is 0 Å². The van der Waals surface area contributed by atoms with Crippen LogP contribution in [0.1, 0.15) is 61.3 Å². The SMILES string of the molecule is COCO[C@H]([C@H]1C[C@@H]1[C@H](O[Si](c1ccccc1)(c1ccccc1)C(C)(C)C)[C@H]1CC=CC(=O)O1)[C@@H](C)O[Si](C)(C)C(C)(C)C. The standard InChI is InChI=1S/C36H54O6Si2/c1-26(41-43(9,10)35(2,3)4)33(39-25-38-8)29-24-30(29)34(31-22-17-23-32(37)40-31)42-44(36(5,6)7,27-18-13-11-14-19-27)28-20-15-12-16-21-28/h11-21,23,26,29-31,33-34H,22,24-25H2,1-10H3/t26-,29+,30+,31-,33+,34+/m1/s1. The van der Waals surface area contributed by atoms with E-state index in [1.165, 1.54) is 16.4 Å². The average Bonchev–Trinajstić information content (AvgIpc) is 3.73. The lowest BCUT2D eigenvalue weighted by atomic mass is 10.00. The number of methoxy groups -OCH3 is 1. The van der Waals surface area contributed by atoms with Gasteiger partial charge in [-0.2, -0.15) is 0 Å². The van der Waals surface area contributed by atoms with Crippen molar-refractivity contribution in [1.29, 1.82) is 0 Å². The Morgan fingerprint density at radius 2 is 1.43 bits per heavy atom. The van der Waals surface area contributed by atoms with E-state index in [0.717, 1.165) is 6.42 Å². The zero-order valence-corrected chi connectivity index (χ0v) is 30.5. The van der Waals surface area contributed by atoms with Crippen LogP contribution in [0.5, 0.6) is 0 Å². The Hall–Kier alpha value is -2.08. The van der Waals surface area contributed by atoms with E-state index in [1.807, 2.05) is 6.08 Å². The zero-order valence-electron chi connectivity index (χ0n) is 28.5. The van der Waals surface area contributed by atoms with Crippen LogP contribution >= 0.6 is 0 Å². The predicted octanol–water partition coefficient (Wildman–Crippen LogP) is 6.84. The fourth-order valence-corrected chi connectivity index (χ4v) is 12.7. The average molecular weight is 639 g/mol. The van der Waals surface area contributed by atoms with Gasteiger partial charge >= 0.3 is 5.97 Å². The molecular weight excluding hydrogens is 585 g/mol. The molecule has 6 nitrogen and oxygen atoms in total. The maximum Gasteiger partial charge on any atom is 0.330 e. The summed E-state index contributed by atoms with van der Waals surface area (Å²) < 4.78 is 32.4. The molecule has 0 saturated heterocycles. The number of hydrogen-bond acceptors (Lipinski definition) is 6. The van der Waals surface area contributed by atoms with Gasteiger partial charge in [-0.1, -0.05) is 108 Å². The molecule has 0 amide bonds. The van der Waals surface area contributed by atoms with E-state index >= 15 is 0 Å². The third-order valence-electron chi connectivity index (χ3n) is 9.85. The molecule has 0 radical (unpaired) electrons. The number of esters is 1. The lowest BCUT2D eigenvalue weighted by Crippen LogP contribution is -2.69. The van der Waals surface area contributed by atoms with E-state index in [1.54, 1.807) is 7.11 Å². The molecule has 2 aromatic carbocycles. The van der Waals surface area contributed by atoms with Crippen LogP contribution in [0.2, 0.25) is 23.2 Å². The fraction of sp³-hybridized carbons (Fsp3) is 0.583. The summed E-state index contributed by atoms with van der Waals surface area (Å²) in [5.41, 5.74) is 0. The maximum absolute atomic E-state index is 12.6. The molecule has 0 bridgehead atoms. The number of ether oxygens (including phenoxy) is 3. The Morgan fingerprint density at radius 1 is 0.864 bits per heavy atom. The predicted molar refractivity (Wildman–Crippen MR) is 182 cm³/mol. The van der Waals surface area contributed by atoms with Crippen molar-refractivity contribution in [3.05, 3.63) is 72.8 Å². The summed E-state index contributed by atoms with van der Waals surface area (Å²) in [5.74, 6) is 0.00215. The third kappa shape index (κ3) is 7.48. The number of carbonyl (C=O) groups is 1. The summed E-state index contributed by atoms with van der Waals surface area (Å²) >= 11 is 0. The monoisotopic (exact) mass is 638 g/mol. The normalized spacial score (nSPS) is 23.1. The van der Waals surface area contributed by atoms with Crippen LogP contribution in [0, 0.1) is 11.8 Å². The van der Waals surface area contributed by atoms with Crippen molar-refractivity contribution in [2.75, 3.05) is 13.9 Å². The summed E-state index contributed by atoms with van der Waals surface area (Å²) in [5, 5.41) is 2.28. The zero-order chi connectivity index (χ0) is 32.3. The summed E-state index contributed by atoms with van der Waals surface area (Å²) in [6, 6.07) is 21.3. The van der Waals surface area contributed by atoms with Crippen LogP contribution in [0.15, 0.2) is 72.8 Å². The third-order valence-corrected chi connectivity index (χ3v) is 19.5. The molecule has 6 atom stereocenters. The molecule has 1 aliphatic carbocycles. The molecule has 2 aliphatic rings. The van der Waals surface area contributed by atoms with E-state index in [9.17, 15) is 4.79 Å². The second-order valence-corrected chi connectivity index (χ2v) is 24.1. The fourth-order valence-electron chi connectivity index (χ4n) is 6.52. The smallest absolute Gasteiger partial charge is 0.330 e. The highest BCUT2D eigenvalue weighted by molar-refractivity contribution is 6.99. The number of carbonyl (C=O) groups excluding carboxylic acids is 1. The van der Waals surface area contributed by atoms with Crippen molar-refractivity contribution in [2.24, 2.45) is 11.8 Å². The minimum Gasteiger partial charge on any atom is -0.456 e. The Morgan fingerprint density at radius 3 is 1.91 bits per heavy atom. The van der Waals surface area contributed by atoms with Crippen molar-refractivity contribution >= 4 is 33.0 Å². The Balaban J connectivity index is 1.76. The second-order valence-electron chi connectivity index (χ2n) is 15.0. The number of hydrogen-bond donors (Lipinski definition) is 0. The quantitative estimate of drug-likeness (QED) is 0.136. The minimum atomic E-state index is -2.93.